The quantitative estimate of drug-likeness (QED) is 0.897. The molecule has 0 spiro atoms. The summed E-state index contributed by atoms with van der Waals surface area (Å²) in [4.78, 5) is 16.8. The molecule has 0 aliphatic heterocycles. The molecule has 8 heteroatoms. The number of carbonyl (C=O) groups is 1. The second-order valence-corrected chi connectivity index (χ2v) is 5.68. The Hall–Kier alpha value is -2.77. The highest BCUT2D eigenvalue weighted by Gasteiger charge is 2.32. The summed E-state index contributed by atoms with van der Waals surface area (Å²) in [7, 11) is 3.24. The molecule has 2 rings (SSSR count). The minimum absolute atomic E-state index is 0.188. The Balaban J connectivity index is 2.37. The van der Waals surface area contributed by atoms with Crippen LogP contribution in [-0.2, 0) is 11.0 Å². The number of amides is 1. The van der Waals surface area contributed by atoms with Crippen molar-refractivity contribution in [3.05, 3.63) is 42.0 Å². The minimum Gasteiger partial charge on any atom is -0.481 e. The van der Waals surface area contributed by atoms with Crippen LogP contribution in [0.1, 0.15) is 12.5 Å². The number of rotatable bonds is 5. The molecule has 2 N–H and O–H groups in total. The van der Waals surface area contributed by atoms with Crippen LogP contribution in [0, 0.1) is 0 Å². The van der Waals surface area contributed by atoms with E-state index in [1.54, 1.807) is 38.4 Å². The van der Waals surface area contributed by atoms with Gasteiger partial charge in [0.2, 0.25) is 0 Å². The molecule has 1 aromatic carbocycles. The number of benzene rings is 1. The fraction of sp³-hybridized carbons (Fsp3) is 0.294. The van der Waals surface area contributed by atoms with Crippen LogP contribution in [0.3, 0.4) is 0 Å². The molecule has 0 bridgehead atoms. The molecule has 0 aliphatic rings. The molecule has 1 atom stereocenters. The molecule has 134 valence electrons. The summed E-state index contributed by atoms with van der Waals surface area (Å²) < 4.78 is 44.6. The fourth-order valence-corrected chi connectivity index (χ4v) is 2.02. The predicted molar refractivity (Wildman–Crippen MR) is 88.3 cm³/mol. The average molecular weight is 353 g/mol. The minimum atomic E-state index is -4.47. The smallest absolute Gasteiger partial charge is 0.416 e. The van der Waals surface area contributed by atoms with Crippen molar-refractivity contribution < 1.29 is 22.7 Å². The zero-order valence-corrected chi connectivity index (χ0v) is 14.0. The van der Waals surface area contributed by atoms with E-state index in [0.29, 0.717) is 11.3 Å². The largest absolute Gasteiger partial charge is 0.481 e. The third-order valence-electron chi connectivity index (χ3n) is 3.46. The van der Waals surface area contributed by atoms with Gasteiger partial charge in [-0.1, -0.05) is 0 Å². The van der Waals surface area contributed by atoms with Gasteiger partial charge in [0.15, 0.2) is 6.10 Å². The summed E-state index contributed by atoms with van der Waals surface area (Å²) in [6.07, 6.45) is -5.28. The second-order valence-electron chi connectivity index (χ2n) is 5.68. The van der Waals surface area contributed by atoms with Crippen LogP contribution in [0.4, 0.5) is 19.0 Å². The Morgan fingerprint density at radius 2 is 1.80 bits per heavy atom. The molecule has 0 aliphatic carbocycles. The Morgan fingerprint density at radius 1 is 1.20 bits per heavy atom. The van der Waals surface area contributed by atoms with Crippen molar-refractivity contribution in [1.29, 1.82) is 0 Å². The van der Waals surface area contributed by atoms with E-state index in [0.717, 1.165) is 12.1 Å². The van der Waals surface area contributed by atoms with Crippen LogP contribution in [0.25, 0.3) is 11.3 Å². The highest BCUT2D eigenvalue weighted by atomic mass is 19.4. The van der Waals surface area contributed by atoms with Gasteiger partial charge in [0.05, 0.1) is 11.3 Å². The van der Waals surface area contributed by atoms with Crippen LogP contribution >= 0.6 is 0 Å². The van der Waals surface area contributed by atoms with E-state index in [4.69, 9.17) is 10.5 Å². The first-order valence-electron chi connectivity index (χ1n) is 7.41. The Labute approximate surface area is 143 Å². The van der Waals surface area contributed by atoms with E-state index in [2.05, 4.69) is 4.98 Å². The zero-order valence-electron chi connectivity index (χ0n) is 14.0. The number of ether oxygens (including phenoxy) is 1. The monoisotopic (exact) mass is 353 g/mol. The van der Waals surface area contributed by atoms with E-state index in [-0.39, 0.29) is 11.5 Å². The van der Waals surface area contributed by atoms with Crippen molar-refractivity contribution in [3.63, 3.8) is 0 Å². The van der Waals surface area contributed by atoms with Gasteiger partial charge in [-0.15, -0.1) is 0 Å². The van der Waals surface area contributed by atoms with Crippen LogP contribution in [0.2, 0.25) is 0 Å². The van der Waals surface area contributed by atoms with Gasteiger partial charge in [0, 0.05) is 19.7 Å². The van der Waals surface area contributed by atoms with E-state index in [9.17, 15) is 18.0 Å². The lowest BCUT2D eigenvalue weighted by atomic mass is 10.1. The molecule has 1 aromatic heterocycles. The lowest BCUT2D eigenvalue weighted by Crippen LogP contribution is -2.30. The summed E-state index contributed by atoms with van der Waals surface area (Å²) >= 11 is 0. The van der Waals surface area contributed by atoms with Crippen LogP contribution in [0.5, 0.6) is 5.75 Å². The van der Waals surface area contributed by atoms with Crippen molar-refractivity contribution in [2.75, 3.05) is 19.0 Å². The molecule has 0 unspecified atom stereocenters. The first-order valence-corrected chi connectivity index (χ1v) is 7.41. The van der Waals surface area contributed by atoms with Crippen LogP contribution in [0.15, 0.2) is 36.4 Å². The topological polar surface area (TPSA) is 68.4 Å². The van der Waals surface area contributed by atoms with Gasteiger partial charge in [0.1, 0.15) is 11.6 Å². The van der Waals surface area contributed by atoms with Crippen molar-refractivity contribution in [1.82, 2.24) is 4.98 Å². The van der Waals surface area contributed by atoms with Gasteiger partial charge in [0.25, 0.3) is 5.91 Å². The van der Waals surface area contributed by atoms with E-state index in [1.807, 2.05) is 0 Å². The predicted octanol–water partition coefficient (Wildman–Crippen LogP) is 3.09. The maximum absolute atomic E-state index is 13.1. The number of primary amides is 1. The number of nitrogens with two attached hydrogens (primary N) is 1. The fourth-order valence-electron chi connectivity index (χ4n) is 2.02. The third-order valence-corrected chi connectivity index (χ3v) is 3.46. The van der Waals surface area contributed by atoms with Gasteiger partial charge in [-0.25, -0.2) is 4.98 Å². The molecule has 25 heavy (non-hydrogen) atoms. The molecule has 0 radical (unpaired) electrons. The second kappa shape index (κ2) is 7.00. The number of nitrogens with zero attached hydrogens (tertiary/aromatic N) is 2. The van der Waals surface area contributed by atoms with E-state index < -0.39 is 23.8 Å². The summed E-state index contributed by atoms with van der Waals surface area (Å²) in [6.45, 7) is 1.51. The summed E-state index contributed by atoms with van der Waals surface area (Å²) in [5.74, 6) is -0.0263. The number of hydrogen-bond acceptors (Lipinski definition) is 4. The van der Waals surface area contributed by atoms with E-state index >= 15 is 0 Å². The molecule has 5 nitrogen and oxygen atoms in total. The zero-order chi connectivity index (χ0) is 18.8. The van der Waals surface area contributed by atoms with Crippen molar-refractivity contribution in [2.24, 2.45) is 5.73 Å². The first-order chi connectivity index (χ1) is 11.6. The third kappa shape index (κ3) is 4.62. The number of carbonyl (C=O) groups excluding carboxylic acids is 1. The summed E-state index contributed by atoms with van der Waals surface area (Å²) in [5.41, 5.74) is 5.03. The van der Waals surface area contributed by atoms with Crippen molar-refractivity contribution in [2.45, 2.75) is 19.2 Å². The molecular formula is C17H18F3N3O2. The number of alkyl halides is 3. The average Bonchev–Trinajstić information content (AvgIpc) is 2.54. The van der Waals surface area contributed by atoms with Gasteiger partial charge in [-0.05, 0) is 43.3 Å². The molecule has 1 amide bonds. The van der Waals surface area contributed by atoms with Crippen LogP contribution in [-0.4, -0.2) is 31.1 Å². The number of aromatic nitrogens is 1. The molecule has 0 fully saturated rings. The van der Waals surface area contributed by atoms with Crippen LogP contribution < -0.4 is 15.4 Å². The van der Waals surface area contributed by atoms with Gasteiger partial charge in [-0.2, -0.15) is 13.2 Å². The molecule has 1 heterocycles. The Morgan fingerprint density at radius 3 is 2.28 bits per heavy atom. The Kier molecular flexibility index (Phi) is 5.20. The molecule has 0 saturated carbocycles. The SMILES string of the molecule is C[C@H](Oc1ccc(-c2cc(C(F)(F)F)cc(N(C)C)n2)cc1)C(N)=O. The number of halogens is 3. The van der Waals surface area contributed by atoms with Gasteiger partial charge >= 0.3 is 6.18 Å². The lowest BCUT2D eigenvalue weighted by molar-refractivity contribution is -0.137. The van der Waals surface area contributed by atoms with Gasteiger partial charge < -0.3 is 15.4 Å². The highest BCUT2D eigenvalue weighted by Crippen LogP contribution is 2.34. The molecule has 0 saturated heterocycles. The maximum atomic E-state index is 13.1. The van der Waals surface area contributed by atoms with Gasteiger partial charge in [-0.3, -0.25) is 4.79 Å². The Bertz CT molecular complexity index is 759. The summed E-state index contributed by atoms with van der Waals surface area (Å²) in [5, 5.41) is 0. The van der Waals surface area contributed by atoms with E-state index in [1.165, 1.54) is 11.8 Å². The molecule has 2 aromatic rings. The number of pyridine rings is 1. The number of hydrogen-bond donors (Lipinski definition) is 1. The number of anilines is 1. The van der Waals surface area contributed by atoms with Crippen molar-refractivity contribution in [3.8, 4) is 17.0 Å². The summed E-state index contributed by atoms with van der Waals surface area (Å²) in [6, 6.07) is 8.23. The normalized spacial score (nSPS) is 12.6. The lowest BCUT2D eigenvalue weighted by Gasteiger charge is -2.16. The standard InChI is InChI=1S/C17H18F3N3O2/c1-10(16(21)24)25-13-6-4-11(5-7-13)14-8-12(17(18,19)20)9-15(22-14)23(2)3/h4-10H,1-3H3,(H2,21,24)/t10-/m0/s1. The highest BCUT2D eigenvalue weighted by molar-refractivity contribution is 5.78. The molecular weight excluding hydrogens is 335 g/mol. The first kappa shape index (κ1) is 18.6. The van der Waals surface area contributed by atoms with Crippen molar-refractivity contribution >= 4 is 11.7 Å². The maximum Gasteiger partial charge on any atom is 0.416 e.